The van der Waals surface area contributed by atoms with Crippen molar-refractivity contribution in [3.63, 3.8) is 0 Å². The SMILES string of the molecule is CC(NC(=O)c1cc(=O)n(-c2ccccc2)[nH]1)c1nncn1C1CCCC1. The monoisotopic (exact) mass is 366 g/mol. The van der Waals surface area contributed by atoms with E-state index in [1.54, 1.807) is 18.5 Å². The Bertz CT molecular complexity index is 981. The molecule has 4 rings (SSSR count). The highest BCUT2D eigenvalue weighted by molar-refractivity contribution is 5.92. The summed E-state index contributed by atoms with van der Waals surface area (Å²) in [5.74, 6) is 0.385. The molecule has 0 saturated heterocycles. The maximum atomic E-state index is 12.6. The predicted octanol–water partition coefficient (Wildman–Crippen LogP) is 2.36. The lowest BCUT2D eigenvalue weighted by atomic mass is 10.2. The largest absolute Gasteiger partial charge is 0.341 e. The molecule has 0 bridgehead atoms. The van der Waals surface area contributed by atoms with Gasteiger partial charge in [-0.3, -0.25) is 14.7 Å². The van der Waals surface area contributed by atoms with Gasteiger partial charge in [-0.15, -0.1) is 10.2 Å². The van der Waals surface area contributed by atoms with E-state index in [0.717, 1.165) is 18.7 Å². The van der Waals surface area contributed by atoms with Crippen LogP contribution in [0.1, 0.15) is 61.0 Å². The minimum absolute atomic E-state index is 0.211. The number of H-pyrrole nitrogens is 1. The van der Waals surface area contributed by atoms with Crippen LogP contribution in [0.2, 0.25) is 0 Å². The molecular weight excluding hydrogens is 344 g/mol. The molecule has 1 fully saturated rings. The number of carbonyl (C=O) groups is 1. The second-order valence-electron chi connectivity index (χ2n) is 6.91. The number of benzene rings is 1. The summed E-state index contributed by atoms with van der Waals surface area (Å²) in [6.07, 6.45) is 6.37. The second-order valence-corrected chi connectivity index (χ2v) is 6.91. The molecule has 8 nitrogen and oxygen atoms in total. The number of para-hydroxylation sites is 1. The molecule has 1 aliphatic rings. The molecule has 8 heteroatoms. The molecule has 140 valence electrons. The fourth-order valence-corrected chi connectivity index (χ4v) is 3.65. The fraction of sp³-hybridized carbons (Fsp3) is 0.368. The van der Waals surface area contributed by atoms with Crippen LogP contribution in [0.5, 0.6) is 0 Å². The van der Waals surface area contributed by atoms with Crippen molar-refractivity contribution < 1.29 is 4.79 Å². The summed E-state index contributed by atoms with van der Waals surface area (Å²) in [5, 5.41) is 14.0. The molecule has 1 amide bonds. The third-order valence-electron chi connectivity index (χ3n) is 5.03. The van der Waals surface area contributed by atoms with Crippen molar-refractivity contribution in [2.45, 2.75) is 44.7 Å². The quantitative estimate of drug-likeness (QED) is 0.724. The van der Waals surface area contributed by atoms with Crippen LogP contribution >= 0.6 is 0 Å². The normalized spacial score (nSPS) is 15.7. The van der Waals surface area contributed by atoms with Gasteiger partial charge in [0.1, 0.15) is 12.0 Å². The van der Waals surface area contributed by atoms with E-state index in [4.69, 9.17) is 0 Å². The van der Waals surface area contributed by atoms with Gasteiger partial charge >= 0.3 is 0 Å². The zero-order valence-electron chi connectivity index (χ0n) is 15.1. The van der Waals surface area contributed by atoms with Crippen molar-refractivity contribution in [2.24, 2.45) is 0 Å². The summed E-state index contributed by atoms with van der Waals surface area (Å²) in [4.78, 5) is 24.8. The topological polar surface area (TPSA) is 97.6 Å². The fourth-order valence-electron chi connectivity index (χ4n) is 3.65. The first-order chi connectivity index (χ1) is 13.1. The summed E-state index contributed by atoms with van der Waals surface area (Å²) in [6.45, 7) is 1.87. The lowest BCUT2D eigenvalue weighted by Crippen LogP contribution is -2.29. The highest BCUT2D eigenvalue weighted by Gasteiger charge is 2.24. The van der Waals surface area contributed by atoms with Crippen LogP contribution in [-0.4, -0.2) is 30.5 Å². The summed E-state index contributed by atoms with van der Waals surface area (Å²) < 4.78 is 3.41. The van der Waals surface area contributed by atoms with Crippen molar-refractivity contribution >= 4 is 5.91 Å². The standard InChI is InChI=1S/C19H22N6O2/c1-13(18-22-20-12-24(18)14-7-5-6-8-14)21-19(27)16-11-17(26)25(23-16)15-9-3-2-4-10-15/h2-4,9-14,23H,5-8H2,1H3,(H,21,27). The average Bonchev–Trinajstić information content (AvgIpc) is 3.42. The molecule has 1 unspecified atom stereocenters. The Kier molecular flexibility index (Phi) is 4.62. The van der Waals surface area contributed by atoms with E-state index < -0.39 is 0 Å². The molecule has 2 N–H and O–H groups in total. The highest BCUT2D eigenvalue weighted by atomic mass is 16.2. The Hall–Kier alpha value is -3.16. The van der Waals surface area contributed by atoms with Gasteiger partial charge in [0.15, 0.2) is 5.82 Å². The molecule has 3 aromatic rings. The first kappa shape index (κ1) is 17.3. The molecule has 27 heavy (non-hydrogen) atoms. The highest BCUT2D eigenvalue weighted by Crippen LogP contribution is 2.31. The van der Waals surface area contributed by atoms with Gasteiger partial charge in [-0.25, -0.2) is 4.68 Å². The van der Waals surface area contributed by atoms with Crippen LogP contribution in [0.4, 0.5) is 0 Å². The lowest BCUT2D eigenvalue weighted by molar-refractivity contribution is 0.0931. The predicted molar refractivity (Wildman–Crippen MR) is 99.8 cm³/mol. The van der Waals surface area contributed by atoms with Crippen molar-refractivity contribution in [3.8, 4) is 5.69 Å². The summed E-state index contributed by atoms with van der Waals surface area (Å²) in [7, 11) is 0. The van der Waals surface area contributed by atoms with E-state index in [9.17, 15) is 9.59 Å². The van der Waals surface area contributed by atoms with Crippen molar-refractivity contribution in [3.05, 3.63) is 64.6 Å². The van der Waals surface area contributed by atoms with Crippen LogP contribution in [0.15, 0.2) is 47.5 Å². The average molecular weight is 366 g/mol. The molecular formula is C19H22N6O2. The number of aromatic nitrogens is 5. The molecule has 1 aromatic carbocycles. The van der Waals surface area contributed by atoms with Crippen molar-refractivity contribution in [2.75, 3.05) is 0 Å². The number of nitrogens with zero attached hydrogens (tertiary/aromatic N) is 4. The van der Waals surface area contributed by atoms with E-state index in [0.29, 0.717) is 11.7 Å². The second kappa shape index (κ2) is 7.22. The zero-order valence-corrected chi connectivity index (χ0v) is 15.1. The molecule has 0 aliphatic heterocycles. The number of nitrogens with one attached hydrogen (secondary N) is 2. The molecule has 1 aliphatic carbocycles. The number of amides is 1. The minimum Gasteiger partial charge on any atom is -0.341 e. The van der Waals surface area contributed by atoms with Gasteiger partial charge in [0.2, 0.25) is 0 Å². The number of hydrogen-bond donors (Lipinski definition) is 2. The maximum absolute atomic E-state index is 12.6. The van der Waals surface area contributed by atoms with E-state index in [1.165, 1.54) is 23.6 Å². The van der Waals surface area contributed by atoms with Crippen molar-refractivity contribution in [1.82, 2.24) is 29.9 Å². The molecule has 1 saturated carbocycles. The summed E-state index contributed by atoms with van der Waals surface area (Å²) >= 11 is 0. The Morgan fingerprint density at radius 3 is 2.74 bits per heavy atom. The smallest absolute Gasteiger partial charge is 0.271 e. The minimum atomic E-state index is -0.352. The summed E-state index contributed by atoms with van der Waals surface area (Å²) in [6, 6.07) is 10.5. The molecule has 0 radical (unpaired) electrons. The van der Waals surface area contributed by atoms with E-state index in [1.807, 2.05) is 25.1 Å². The van der Waals surface area contributed by atoms with Gasteiger partial charge < -0.3 is 9.88 Å². The van der Waals surface area contributed by atoms with Crippen LogP contribution in [0.25, 0.3) is 5.69 Å². The lowest BCUT2D eigenvalue weighted by Gasteiger charge is -2.18. The maximum Gasteiger partial charge on any atom is 0.271 e. The van der Waals surface area contributed by atoms with Gasteiger partial charge in [-0.2, -0.15) is 0 Å². The number of aromatic amines is 1. The Balaban J connectivity index is 1.52. The van der Waals surface area contributed by atoms with Crippen LogP contribution in [0.3, 0.4) is 0 Å². The number of rotatable bonds is 5. The van der Waals surface area contributed by atoms with E-state index in [2.05, 4.69) is 25.2 Å². The van der Waals surface area contributed by atoms with E-state index >= 15 is 0 Å². The van der Waals surface area contributed by atoms with Gasteiger partial charge in [0.25, 0.3) is 11.5 Å². The Morgan fingerprint density at radius 2 is 2.00 bits per heavy atom. The Labute approximate surface area is 156 Å². The first-order valence-corrected chi connectivity index (χ1v) is 9.21. The molecule has 0 spiro atoms. The summed E-state index contributed by atoms with van der Waals surface area (Å²) in [5.41, 5.74) is 0.603. The number of carbonyl (C=O) groups excluding carboxylic acids is 1. The van der Waals surface area contributed by atoms with Gasteiger partial charge in [0.05, 0.1) is 11.7 Å². The van der Waals surface area contributed by atoms with Crippen LogP contribution in [0, 0.1) is 0 Å². The third kappa shape index (κ3) is 3.42. The Morgan fingerprint density at radius 1 is 1.26 bits per heavy atom. The van der Waals surface area contributed by atoms with Crippen molar-refractivity contribution in [1.29, 1.82) is 0 Å². The van der Waals surface area contributed by atoms with Crippen LogP contribution < -0.4 is 10.9 Å². The van der Waals surface area contributed by atoms with Gasteiger partial charge in [-0.1, -0.05) is 31.0 Å². The third-order valence-corrected chi connectivity index (χ3v) is 5.03. The number of hydrogen-bond acceptors (Lipinski definition) is 4. The molecule has 2 heterocycles. The molecule has 2 aromatic heterocycles. The van der Waals surface area contributed by atoms with Gasteiger partial charge in [0, 0.05) is 12.1 Å². The van der Waals surface area contributed by atoms with Crippen LogP contribution in [-0.2, 0) is 0 Å². The zero-order chi connectivity index (χ0) is 18.8. The first-order valence-electron chi connectivity index (χ1n) is 9.21. The van der Waals surface area contributed by atoms with Gasteiger partial charge in [-0.05, 0) is 31.9 Å². The van der Waals surface area contributed by atoms with E-state index in [-0.39, 0.29) is 23.2 Å². The molecule has 1 atom stereocenters.